The van der Waals surface area contributed by atoms with Crippen LogP contribution in [0.3, 0.4) is 0 Å². The smallest absolute Gasteiger partial charge is 0.249 e. The van der Waals surface area contributed by atoms with Crippen LogP contribution in [0.15, 0.2) is 18.2 Å². The molecule has 2 N–H and O–H groups in total. The molecule has 0 saturated carbocycles. The third-order valence-electron chi connectivity index (χ3n) is 5.18. The molecule has 7 heteroatoms. The third-order valence-corrected chi connectivity index (χ3v) is 5.35. The average Bonchev–Trinajstić information content (AvgIpc) is 2.64. The Balaban J connectivity index is 1.63. The van der Waals surface area contributed by atoms with E-state index in [2.05, 4.69) is 32.3 Å². The van der Waals surface area contributed by atoms with Gasteiger partial charge in [-0.2, -0.15) is 4.98 Å². The minimum atomic E-state index is -0.942. The molecule has 2 heterocycles. The molecule has 1 atom stereocenters. The largest absolute Gasteiger partial charge is 0.383 e. The monoisotopic (exact) mass is 390 g/mol. The van der Waals surface area contributed by atoms with E-state index in [-0.39, 0.29) is 17.1 Å². The molecule has 0 bridgehead atoms. The van der Waals surface area contributed by atoms with Crippen molar-refractivity contribution in [1.82, 2.24) is 15.3 Å². The number of aliphatic hydroxyl groups excluding tert-OH is 1. The Labute approximate surface area is 164 Å². The summed E-state index contributed by atoms with van der Waals surface area (Å²) in [5.41, 5.74) is 2.00. The van der Waals surface area contributed by atoms with Crippen LogP contribution in [0.4, 0.5) is 5.82 Å². The minimum Gasteiger partial charge on any atom is -0.383 e. The van der Waals surface area contributed by atoms with Gasteiger partial charge in [0.1, 0.15) is 11.9 Å². The van der Waals surface area contributed by atoms with Crippen LogP contribution in [0.25, 0.3) is 10.9 Å². The Hall–Kier alpha value is -1.92. The van der Waals surface area contributed by atoms with Crippen molar-refractivity contribution in [1.29, 1.82) is 0 Å². The molecule has 1 fully saturated rings. The predicted octanol–water partition coefficient (Wildman–Crippen LogP) is 2.94. The fourth-order valence-corrected chi connectivity index (χ4v) is 3.61. The lowest BCUT2D eigenvalue weighted by molar-refractivity contribution is -0.131. The summed E-state index contributed by atoms with van der Waals surface area (Å²) in [6, 6.07) is 6.13. The summed E-state index contributed by atoms with van der Waals surface area (Å²) in [5, 5.41) is 14.0. The lowest BCUT2D eigenvalue weighted by atomic mass is 9.96. The number of hydrogen-bond acceptors (Lipinski definition) is 5. The molecule has 2 aromatic rings. The lowest BCUT2D eigenvalue weighted by Gasteiger charge is -2.33. The van der Waals surface area contributed by atoms with Gasteiger partial charge in [-0.15, -0.1) is 0 Å². The van der Waals surface area contributed by atoms with Gasteiger partial charge in [0.15, 0.2) is 0 Å². The first-order valence-electron chi connectivity index (χ1n) is 9.49. The maximum atomic E-state index is 11.9. The number of aliphatic hydroxyl groups is 1. The van der Waals surface area contributed by atoms with Gasteiger partial charge in [-0.25, -0.2) is 4.98 Å². The normalized spacial score (nSPS) is 16.7. The highest BCUT2D eigenvalue weighted by Gasteiger charge is 2.24. The predicted molar refractivity (Wildman–Crippen MR) is 108 cm³/mol. The summed E-state index contributed by atoms with van der Waals surface area (Å²) in [7, 11) is 0. The third kappa shape index (κ3) is 4.68. The summed E-state index contributed by atoms with van der Waals surface area (Å²) in [4.78, 5) is 23.0. The summed E-state index contributed by atoms with van der Waals surface area (Å²) >= 11 is 6.14. The van der Waals surface area contributed by atoms with Crippen LogP contribution in [0, 0.1) is 18.8 Å². The van der Waals surface area contributed by atoms with Gasteiger partial charge in [0.2, 0.25) is 11.2 Å². The molecule has 1 amide bonds. The Morgan fingerprint density at radius 2 is 2.04 bits per heavy atom. The van der Waals surface area contributed by atoms with Crippen molar-refractivity contribution >= 4 is 34.2 Å². The number of aromatic nitrogens is 2. The highest BCUT2D eigenvalue weighted by molar-refractivity contribution is 6.28. The number of rotatable bonds is 5. The highest BCUT2D eigenvalue weighted by Crippen LogP contribution is 2.29. The van der Waals surface area contributed by atoms with Gasteiger partial charge in [-0.3, -0.25) is 4.79 Å². The van der Waals surface area contributed by atoms with E-state index in [1.54, 1.807) is 0 Å². The van der Waals surface area contributed by atoms with Gasteiger partial charge < -0.3 is 15.3 Å². The Morgan fingerprint density at radius 3 is 2.70 bits per heavy atom. The number of carbonyl (C=O) groups is 1. The van der Waals surface area contributed by atoms with E-state index in [0.29, 0.717) is 12.5 Å². The molecule has 6 nitrogen and oxygen atoms in total. The van der Waals surface area contributed by atoms with Crippen molar-refractivity contribution in [3.05, 3.63) is 29.0 Å². The number of carbonyl (C=O) groups excluding carboxylic acids is 1. The van der Waals surface area contributed by atoms with Crippen LogP contribution >= 0.6 is 11.6 Å². The minimum absolute atomic E-state index is 0.0775. The van der Waals surface area contributed by atoms with Crippen LogP contribution in [0.2, 0.25) is 5.28 Å². The second-order valence-corrected chi connectivity index (χ2v) is 8.04. The molecule has 0 radical (unpaired) electrons. The van der Waals surface area contributed by atoms with E-state index < -0.39 is 6.10 Å². The highest BCUT2D eigenvalue weighted by atomic mass is 35.5. The van der Waals surface area contributed by atoms with E-state index in [0.717, 1.165) is 48.2 Å². The number of benzene rings is 1. The molecule has 1 aliphatic heterocycles. The van der Waals surface area contributed by atoms with Crippen LogP contribution in [0.1, 0.15) is 32.3 Å². The molecule has 1 aromatic heterocycles. The van der Waals surface area contributed by atoms with Crippen LogP contribution in [-0.2, 0) is 4.79 Å². The average molecular weight is 391 g/mol. The van der Waals surface area contributed by atoms with Crippen LogP contribution < -0.4 is 10.2 Å². The molecule has 0 spiro atoms. The zero-order chi connectivity index (χ0) is 19.6. The number of aryl methyl sites for hydroxylation is 1. The summed E-state index contributed by atoms with van der Waals surface area (Å²) in [5.74, 6) is 0.917. The van der Waals surface area contributed by atoms with Gasteiger partial charge in [0.25, 0.3) is 0 Å². The molecule has 146 valence electrons. The van der Waals surface area contributed by atoms with Gasteiger partial charge in [-0.1, -0.05) is 19.9 Å². The SMILES string of the molecule is Cc1ccc2c(N3CCC(CNC(=O)C(O)C(C)C)CC3)nc(Cl)nc2c1. The molecule has 0 aliphatic carbocycles. The fourth-order valence-electron chi connectivity index (χ4n) is 3.44. The van der Waals surface area contributed by atoms with Gasteiger partial charge in [-0.05, 0) is 60.9 Å². The second kappa shape index (κ2) is 8.40. The molecular formula is C20H27ClN4O2. The van der Waals surface area contributed by atoms with E-state index >= 15 is 0 Å². The topological polar surface area (TPSA) is 78.4 Å². The maximum absolute atomic E-state index is 11.9. The van der Waals surface area contributed by atoms with E-state index in [1.165, 1.54) is 0 Å². The van der Waals surface area contributed by atoms with Crippen molar-refractivity contribution in [3.8, 4) is 0 Å². The summed E-state index contributed by atoms with van der Waals surface area (Å²) in [6.07, 6.45) is 0.961. The van der Waals surface area contributed by atoms with E-state index in [4.69, 9.17) is 11.6 Å². The summed E-state index contributed by atoms with van der Waals surface area (Å²) in [6.45, 7) is 8.00. The van der Waals surface area contributed by atoms with E-state index in [1.807, 2.05) is 26.8 Å². The molecule has 1 unspecified atom stereocenters. The molecule has 1 aliphatic rings. The number of fused-ring (bicyclic) bond motifs is 1. The van der Waals surface area contributed by atoms with Gasteiger partial charge >= 0.3 is 0 Å². The second-order valence-electron chi connectivity index (χ2n) is 7.70. The summed E-state index contributed by atoms with van der Waals surface area (Å²) < 4.78 is 0. The number of nitrogens with one attached hydrogen (secondary N) is 1. The van der Waals surface area contributed by atoms with E-state index in [9.17, 15) is 9.90 Å². The van der Waals surface area contributed by atoms with Gasteiger partial charge in [0.05, 0.1) is 5.52 Å². The number of anilines is 1. The Bertz CT molecular complexity index is 814. The molecule has 1 saturated heterocycles. The van der Waals surface area contributed by atoms with Crippen molar-refractivity contribution in [3.63, 3.8) is 0 Å². The lowest BCUT2D eigenvalue weighted by Crippen LogP contribution is -2.43. The van der Waals surface area contributed by atoms with Crippen LogP contribution in [-0.4, -0.2) is 46.7 Å². The maximum Gasteiger partial charge on any atom is 0.249 e. The first-order chi connectivity index (χ1) is 12.8. The zero-order valence-corrected chi connectivity index (χ0v) is 16.8. The quantitative estimate of drug-likeness (QED) is 0.767. The number of piperidine rings is 1. The van der Waals surface area contributed by atoms with Crippen molar-refractivity contribution in [2.24, 2.45) is 11.8 Å². The van der Waals surface area contributed by atoms with Crippen LogP contribution in [0.5, 0.6) is 0 Å². The number of halogens is 1. The van der Waals surface area contributed by atoms with Crippen molar-refractivity contribution in [2.75, 3.05) is 24.5 Å². The standard InChI is InChI=1S/C20H27ClN4O2/c1-12(2)17(26)19(27)22-11-14-6-8-25(9-7-14)18-15-5-4-13(3)10-16(15)23-20(21)24-18/h4-5,10,12,14,17,26H,6-9,11H2,1-3H3,(H,22,27). The number of hydrogen-bond donors (Lipinski definition) is 2. The van der Waals surface area contributed by atoms with Gasteiger partial charge in [0, 0.05) is 25.0 Å². The molecular weight excluding hydrogens is 364 g/mol. The molecule has 3 rings (SSSR count). The Morgan fingerprint density at radius 1 is 1.33 bits per heavy atom. The zero-order valence-electron chi connectivity index (χ0n) is 16.1. The number of nitrogens with zero attached hydrogens (tertiary/aromatic N) is 3. The molecule has 27 heavy (non-hydrogen) atoms. The molecule has 1 aromatic carbocycles. The fraction of sp³-hybridized carbons (Fsp3) is 0.550. The van der Waals surface area contributed by atoms with Crippen molar-refractivity contribution in [2.45, 2.75) is 39.7 Å². The number of amides is 1. The first kappa shape index (κ1) is 19.8. The Kier molecular flexibility index (Phi) is 6.17. The van der Waals surface area contributed by atoms with Crippen molar-refractivity contribution < 1.29 is 9.90 Å². The first-order valence-corrected chi connectivity index (χ1v) is 9.87.